The quantitative estimate of drug-likeness (QED) is 0.572. The number of carboxylic acids is 1. The van der Waals surface area contributed by atoms with Crippen molar-refractivity contribution in [2.45, 2.75) is 31.8 Å². The number of carbonyl (C=O) groups excluding carboxylic acids is 1. The maximum atomic E-state index is 12.2. The van der Waals surface area contributed by atoms with Gasteiger partial charge in [-0.15, -0.1) is 12.3 Å². The number of amides is 1. The van der Waals surface area contributed by atoms with Crippen LogP contribution in [0.3, 0.4) is 0 Å². The van der Waals surface area contributed by atoms with Gasteiger partial charge in [0.2, 0.25) is 5.91 Å². The largest absolute Gasteiger partial charge is 0.480 e. The summed E-state index contributed by atoms with van der Waals surface area (Å²) < 4.78 is 0. The number of hydrogen-bond acceptors (Lipinski definition) is 4. The highest BCUT2D eigenvalue weighted by Gasteiger charge is 2.36. The average Bonchev–Trinajstić information content (AvgIpc) is 2.38. The van der Waals surface area contributed by atoms with Crippen molar-refractivity contribution in [1.29, 1.82) is 0 Å². The summed E-state index contributed by atoms with van der Waals surface area (Å²) in [6.45, 7) is 6.75. The first-order valence-electron chi connectivity index (χ1n) is 6.32. The van der Waals surface area contributed by atoms with Gasteiger partial charge in [0.05, 0.1) is 5.54 Å². The topological polar surface area (TPSA) is 81.7 Å². The van der Waals surface area contributed by atoms with Crippen molar-refractivity contribution < 1.29 is 14.7 Å². The third-order valence-corrected chi connectivity index (χ3v) is 3.39. The standard InChI is InChI=1S/C13H21N3O3/c1-4-5-10(11(17)18)15-12(19)13(2,3)16-8-6-14-7-9-16/h1,10,14H,5-9H2,2-3H3,(H,15,19)(H,17,18). The number of piperazine rings is 1. The van der Waals surface area contributed by atoms with Crippen molar-refractivity contribution >= 4 is 11.9 Å². The molecule has 0 aliphatic carbocycles. The van der Waals surface area contributed by atoms with Gasteiger partial charge < -0.3 is 15.7 Å². The van der Waals surface area contributed by atoms with E-state index in [1.807, 2.05) is 4.90 Å². The highest BCUT2D eigenvalue weighted by Crippen LogP contribution is 2.15. The number of hydrogen-bond donors (Lipinski definition) is 3. The van der Waals surface area contributed by atoms with Crippen molar-refractivity contribution in [2.24, 2.45) is 0 Å². The summed E-state index contributed by atoms with van der Waals surface area (Å²) in [6, 6.07) is -1.03. The number of nitrogens with one attached hydrogen (secondary N) is 2. The Morgan fingerprint density at radius 2 is 2.05 bits per heavy atom. The van der Waals surface area contributed by atoms with E-state index in [1.165, 1.54) is 0 Å². The number of aliphatic carboxylic acids is 1. The lowest BCUT2D eigenvalue weighted by Crippen LogP contribution is -2.61. The Hall–Kier alpha value is -1.58. The summed E-state index contributed by atoms with van der Waals surface area (Å²) >= 11 is 0. The van der Waals surface area contributed by atoms with Gasteiger partial charge in [0.15, 0.2) is 0 Å². The molecule has 0 bridgehead atoms. The van der Waals surface area contributed by atoms with Gasteiger partial charge in [-0.25, -0.2) is 4.79 Å². The lowest BCUT2D eigenvalue weighted by atomic mass is 9.99. The number of carboxylic acid groups (broad SMARTS) is 1. The van der Waals surface area contributed by atoms with Crippen LogP contribution >= 0.6 is 0 Å². The van der Waals surface area contributed by atoms with Crippen molar-refractivity contribution in [1.82, 2.24) is 15.5 Å². The first kappa shape index (κ1) is 15.5. The van der Waals surface area contributed by atoms with Gasteiger partial charge in [-0.1, -0.05) is 0 Å². The molecule has 1 saturated heterocycles. The second-order valence-electron chi connectivity index (χ2n) is 5.07. The highest BCUT2D eigenvalue weighted by atomic mass is 16.4. The second kappa shape index (κ2) is 6.55. The number of terminal acetylenes is 1. The summed E-state index contributed by atoms with van der Waals surface area (Å²) in [5.74, 6) is 0.849. The van der Waals surface area contributed by atoms with Crippen LogP contribution in [0.4, 0.5) is 0 Å². The second-order valence-corrected chi connectivity index (χ2v) is 5.07. The van der Waals surface area contributed by atoms with Crippen LogP contribution in [0.5, 0.6) is 0 Å². The molecule has 6 nitrogen and oxygen atoms in total. The monoisotopic (exact) mass is 267 g/mol. The van der Waals surface area contributed by atoms with E-state index >= 15 is 0 Å². The van der Waals surface area contributed by atoms with Crippen molar-refractivity contribution in [3.63, 3.8) is 0 Å². The van der Waals surface area contributed by atoms with Crippen LogP contribution < -0.4 is 10.6 Å². The average molecular weight is 267 g/mol. The molecule has 1 fully saturated rings. The number of rotatable bonds is 5. The summed E-state index contributed by atoms with van der Waals surface area (Å²) in [5, 5.41) is 14.7. The molecule has 1 rings (SSSR count). The van der Waals surface area contributed by atoms with E-state index in [0.717, 1.165) is 26.2 Å². The predicted molar refractivity (Wildman–Crippen MR) is 71.5 cm³/mol. The molecule has 106 valence electrons. The molecule has 3 N–H and O–H groups in total. The zero-order valence-electron chi connectivity index (χ0n) is 11.4. The molecule has 1 atom stereocenters. The van der Waals surface area contributed by atoms with Gasteiger partial charge >= 0.3 is 5.97 Å². The summed E-state index contributed by atoms with van der Waals surface area (Å²) in [5.41, 5.74) is -0.746. The van der Waals surface area contributed by atoms with Crippen LogP contribution in [-0.2, 0) is 9.59 Å². The molecule has 0 aromatic heterocycles. The van der Waals surface area contributed by atoms with Gasteiger partial charge in [0, 0.05) is 32.6 Å². The lowest BCUT2D eigenvalue weighted by molar-refractivity contribution is -0.144. The van der Waals surface area contributed by atoms with Crippen molar-refractivity contribution in [2.75, 3.05) is 26.2 Å². The number of nitrogens with zero attached hydrogens (tertiary/aromatic N) is 1. The minimum Gasteiger partial charge on any atom is -0.480 e. The lowest BCUT2D eigenvalue weighted by Gasteiger charge is -2.40. The summed E-state index contributed by atoms with van der Waals surface area (Å²) in [6.07, 6.45) is 5.10. The van der Waals surface area contributed by atoms with Crippen LogP contribution in [-0.4, -0.2) is 59.6 Å². The Balaban J connectivity index is 2.68. The van der Waals surface area contributed by atoms with Gasteiger partial charge in [-0.05, 0) is 13.8 Å². The Labute approximate surface area is 113 Å². The maximum absolute atomic E-state index is 12.2. The van der Waals surface area contributed by atoms with Gasteiger partial charge in [-0.3, -0.25) is 9.69 Å². The van der Waals surface area contributed by atoms with E-state index in [9.17, 15) is 9.59 Å². The van der Waals surface area contributed by atoms with Crippen molar-refractivity contribution in [3.05, 3.63) is 0 Å². The van der Waals surface area contributed by atoms with Crippen LogP contribution in [0.1, 0.15) is 20.3 Å². The molecule has 1 unspecified atom stereocenters. The molecular formula is C13H21N3O3. The molecule has 0 saturated carbocycles. The van der Waals surface area contributed by atoms with Gasteiger partial charge in [0.1, 0.15) is 6.04 Å². The fourth-order valence-electron chi connectivity index (χ4n) is 2.02. The Kier molecular flexibility index (Phi) is 5.33. The molecule has 1 amide bonds. The van der Waals surface area contributed by atoms with Crippen LogP contribution in [0, 0.1) is 12.3 Å². The Bertz CT molecular complexity index is 381. The third-order valence-electron chi connectivity index (χ3n) is 3.39. The minimum atomic E-state index is -1.11. The third kappa shape index (κ3) is 3.94. The van der Waals surface area contributed by atoms with E-state index in [1.54, 1.807) is 13.8 Å². The highest BCUT2D eigenvalue weighted by molar-refractivity contribution is 5.89. The Morgan fingerprint density at radius 3 is 2.53 bits per heavy atom. The zero-order valence-corrected chi connectivity index (χ0v) is 11.4. The first-order chi connectivity index (χ1) is 8.89. The molecular weight excluding hydrogens is 246 g/mol. The Morgan fingerprint density at radius 1 is 1.47 bits per heavy atom. The molecule has 1 heterocycles. The molecule has 1 aliphatic rings. The molecule has 0 aromatic carbocycles. The van der Waals surface area contributed by atoms with E-state index < -0.39 is 17.6 Å². The van der Waals surface area contributed by atoms with E-state index in [0.29, 0.717) is 0 Å². The van der Waals surface area contributed by atoms with Gasteiger partial charge in [-0.2, -0.15) is 0 Å². The maximum Gasteiger partial charge on any atom is 0.327 e. The molecule has 19 heavy (non-hydrogen) atoms. The fraction of sp³-hybridized carbons (Fsp3) is 0.692. The van der Waals surface area contributed by atoms with Crippen LogP contribution in [0.2, 0.25) is 0 Å². The van der Waals surface area contributed by atoms with Crippen molar-refractivity contribution in [3.8, 4) is 12.3 Å². The summed E-state index contributed by atoms with van der Waals surface area (Å²) in [7, 11) is 0. The molecule has 1 aliphatic heterocycles. The fourth-order valence-corrected chi connectivity index (χ4v) is 2.02. The number of carbonyl (C=O) groups is 2. The predicted octanol–water partition coefficient (Wildman–Crippen LogP) is -0.737. The SMILES string of the molecule is C#CCC(NC(=O)C(C)(C)N1CCNCC1)C(=O)O. The normalized spacial score (nSPS) is 18.4. The van der Waals surface area contributed by atoms with Crippen LogP contribution in [0.25, 0.3) is 0 Å². The molecule has 0 aromatic rings. The molecule has 0 radical (unpaired) electrons. The summed E-state index contributed by atoms with van der Waals surface area (Å²) in [4.78, 5) is 25.3. The molecule has 0 spiro atoms. The van der Waals surface area contributed by atoms with E-state index in [4.69, 9.17) is 11.5 Å². The smallest absolute Gasteiger partial charge is 0.327 e. The zero-order chi connectivity index (χ0) is 14.5. The molecule has 6 heteroatoms. The van der Waals surface area contributed by atoms with Gasteiger partial charge in [0.25, 0.3) is 0 Å². The van der Waals surface area contributed by atoms with E-state index in [-0.39, 0.29) is 12.3 Å². The van der Waals surface area contributed by atoms with Crippen LogP contribution in [0.15, 0.2) is 0 Å². The minimum absolute atomic E-state index is 0.0152. The first-order valence-corrected chi connectivity index (χ1v) is 6.32. The van der Waals surface area contributed by atoms with E-state index in [2.05, 4.69) is 16.6 Å².